The predicted molar refractivity (Wildman–Crippen MR) is 64.4 cm³/mol. The van der Waals surface area contributed by atoms with E-state index >= 15 is 0 Å². The van der Waals surface area contributed by atoms with Gasteiger partial charge in [0.2, 0.25) is 0 Å². The summed E-state index contributed by atoms with van der Waals surface area (Å²) in [4.78, 5) is 4.38. The molecule has 1 heterocycles. The Morgan fingerprint density at radius 3 is 2.44 bits per heavy atom. The number of benzene rings is 1. The predicted octanol–water partition coefficient (Wildman–Crippen LogP) is 3.61. The molecule has 1 radical (unpaired) electrons. The second-order valence-corrected chi connectivity index (χ2v) is 3.43. The molecule has 1 nitrogen and oxygen atoms in total. The molecule has 0 aliphatic rings. The van der Waals surface area contributed by atoms with Crippen molar-refractivity contribution in [2.45, 2.75) is 13.8 Å². The summed E-state index contributed by atoms with van der Waals surface area (Å²) in [5.41, 5.74) is 4.54. The third kappa shape index (κ3) is 3.26. The summed E-state index contributed by atoms with van der Waals surface area (Å²) >= 11 is 0. The molecule has 16 heavy (non-hydrogen) atoms. The van der Waals surface area contributed by atoms with Crippen molar-refractivity contribution in [2.75, 3.05) is 0 Å². The van der Waals surface area contributed by atoms with Gasteiger partial charge in [-0.1, -0.05) is 11.6 Å². The van der Waals surface area contributed by atoms with Crippen molar-refractivity contribution in [3.8, 4) is 11.3 Å². The van der Waals surface area contributed by atoms with Crippen LogP contribution in [0.15, 0.2) is 36.5 Å². The second-order valence-electron chi connectivity index (χ2n) is 3.43. The van der Waals surface area contributed by atoms with Crippen molar-refractivity contribution in [3.05, 3.63) is 61.1 Å². The zero-order valence-corrected chi connectivity index (χ0v) is 12.1. The molecule has 1 aromatic heterocycles. The van der Waals surface area contributed by atoms with Crippen molar-refractivity contribution in [1.82, 2.24) is 4.98 Å². The average Bonchev–Trinajstić information content (AvgIpc) is 2.23. The molecule has 0 bridgehead atoms. The van der Waals surface area contributed by atoms with Gasteiger partial charge in [-0.05, 0) is 25.1 Å². The van der Waals surface area contributed by atoms with Gasteiger partial charge in [-0.3, -0.25) is 0 Å². The molecule has 0 spiro atoms. The number of hydrogen-bond donors (Lipinski definition) is 0. The normalized spacial score (nSPS) is 8.88. The van der Waals surface area contributed by atoms with E-state index in [1.54, 1.807) is 0 Å². The first kappa shape index (κ1) is 15.0. The van der Waals surface area contributed by atoms with Gasteiger partial charge in [0.25, 0.3) is 0 Å². The third-order valence-electron chi connectivity index (χ3n) is 2.36. The number of hydrogen-bond acceptors (Lipinski definition) is 1. The molecule has 87 valence electrons. The van der Waals surface area contributed by atoms with Crippen LogP contribution in [0.2, 0.25) is 0 Å². The summed E-state index contributed by atoms with van der Waals surface area (Å²) in [6.07, 6.45) is 1.91. The van der Waals surface area contributed by atoms with Crippen LogP contribution >= 0.6 is 0 Å². The molecule has 0 fully saturated rings. The first-order chi connectivity index (χ1) is 6.77. The Morgan fingerprint density at radius 2 is 1.88 bits per heavy atom. The minimum absolute atomic E-state index is 0. The molecule has 0 saturated heterocycles. The van der Waals surface area contributed by atoms with E-state index in [1.807, 2.05) is 30.5 Å². The molecule has 2 aromatic rings. The molecule has 0 aliphatic carbocycles. The Bertz CT molecular complexity index is 438. The maximum absolute atomic E-state index is 4.38. The van der Waals surface area contributed by atoms with Gasteiger partial charge in [-0.25, -0.2) is 0 Å². The summed E-state index contributed by atoms with van der Waals surface area (Å²) < 4.78 is 0. The average molecular weight is 389 g/mol. The maximum Gasteiger partial charge on any atom is 0.0192 e. The molecular formula is C14H15IrN-2. The standard InChI is InChI=1S/C13H12N.CH3.Ir/c1-10-8-13(14-9-11(10)2)12-6-4-3-5-7-12;;/h3-6,8-9H,1-2H3;1H3;/q2*-1;. The van der Waals surface area contributed by atoms with Crippen LogP contribution in [0.5, 0.6) is 0 Å². The van der Waals surface area contributed by atoms with Crippen molar-refractivity contribution < 1.29 is 20.1 Å². The molecule has 2 rings (SSSR count). The van der Waals surface area contributed by atoms with Gasteiger partial charge in [-0.2, -0.15) is 0 Å². The first-order valence-electron chi connectivity index (χ1n) is 4.68. The van der Waals surface area contributed by atoms with E-state index in [0.717, 1.165) is 11.3 Å². The van der Waals surface area contributed by atoms with E-state index in [1.165, 1.54) is 11.1 Å². The van der Waals surface area contributed by atoms with Gasteiger partial charge in [0.15, 0.2) is 0 Å². The quantitative estimate of drug-likeness (QED) is 0.679. The topological polar surface area (TPSA) is 12.9 Å². The van der Waals surface area contributed by atoms with Crippen LogP contribution in [0.25, 0.3) is 11.3 Å². The molecule has 0 N–H and O–H groups in total. The molecule has 2 heteroatoms. The Morgan fingerprint density at radius 1 is 1.12 bits per heavy atom. The molecular weight excluding hydrogens is 374 g/mol. The maximum atomic E-state index is 4.38. The number of aromatic nitrogens is 1. The van der Waals surface area contributed by atoms with E-state index in [-0.39, 0.29) is 27.5 Å². The van der Waals surface area contributed by atoms with Crippen LogP contribution < -0.4 is 0 Å². The van der Waals surface area contributed by atoms with E-state index < -0.39 is 0 Å². The van der Waals surface area contributed by atoms with E-state index in [9.17, 15) is 0 Å². The minimum Gasteiger partial charge on any atom is -0.358 e. The molecule has 0 aliphatic heterocycles. The summed E-state index contributed by atoms with van der Waals surface area (Å²) in [6, 6.07) is 13.2. The molecule has 0 saturated carbocycles. The van der Waals surface area contributed by atoms with Crippen molar-refractivity contribution in [3.63, 3.8) is 0 Å². The van der Waals surface area contributed by atoms with Crippen LogP contribution in [0.4, 0.5) is 0 Å². The largest absolute Gasteiger partial charge is 0.358 e. The third-order valence-corrected chi connectivity index (χ3v) is 2.36. The Balaban J connectivity index is 0.00000112. The monoisotopic (exact) mass is 390 g/mol. The fourth-order valence-corrected chi connectivity index (χ4v) is 1.32. The van der Waals surface area contributed by atoms with Gasteiger partial charge in [-0.15, -0.1) is 35.9 Å². The van der Waals surface area contributed by atoms with Gasteiger partial charge < -0.3 is 12.4 Å². The summed E-state index contributed by atoms with van der Waals surface area (Å²) in [6.45, 7) is 4.17. The van der Waals surface area contributed by atoms with Gasteiger partial charge in [0.05, 0.1) is 0 Å². The Kier molecular flexibility index (Phi) is 6.17. The van der Waals surface area contributed by atoms with Crippen molar-refractivity contribution in [1.29, 1.82) is 0 Å². The van der Waals surface area contributed by atoms with Crippen molar-refractivity contribution >= 4 is 0 Å². The number of rotatable bonds is 1. The van der Waals surface area contributed by atoms with Crippen LogP contribution in [0.3, 0.4) is 0 Å². The molecule has 1 aromatic carbocycles. The SMILES string of the molecule is Cc1cnc(-c2[c-]cccc2)cc1C.[CH3-].[Ir]. The minimum atomic E-state index is 0. The smallest absolute Gasteiger partial charge is 0.0192 e. The molecule has 0 amide bonds. The fourth-order valence-electron chi connectivity index (χ4n) is 1.32. The van der Waals surface area contributed by atoms with E-state index in [2.05, 4.69) is 31.0 Å². The van der Waals surface area contributed by atoms with Gasteiger partial charge in [0.1, 0.15) is 0 Å². The van der Waals surface area contributed by atoms with Crippen LogP contribution in [0.1, 0.15) is 11.1 Å². The number of pyridine rings is 1. The van der Waals surface area contributed by atoms with Gasteiger partial charge >= 0.3 is 0 Å². The van der Waals surface area contributed by atoms with Gasteiger partial charge in [0, 0.05) is 26.3 Å². The van der Waals surface area contributed by atoms with Crippen LogP contribution in [0, 0.1) is 27.3 Å². The molecule has 0 unspecified atom stereocenters. The number of nitrogens with zero attached hydrogens (tertiary/aromatic N) is 1. The van der Waals surface area contributed by atoms with E-state index in [4.69, 9.17) is 0 Å². The van der Waals surface area contributed by atoms with Crippen LogP contribution in [-0.4, -0.2) is 4.98 Å². The second kappa shape index (κ2) is 6.57. The summed E-state index contributed by atoms with van der Waals surface area (Å²) in [7, 11) is 0. The summed E-state index contributed by atoms with van der Waals surface area (Å²) in [5, 5.41) is 0. The molecule has 0 atom stereocenters. The Hall–Kier alpha value is -0.981. The zero-order valence-electron chi connectivity index (χ0n) is 9.74. The zero-order chi connectivity index (χ0) is 9.97. The Labute approximate surface area is 111 Å². The fraction of sp³-hybridized carbons (Fsp3) is 0.143. The van der Waals surface area contributed by atoms with Crippen LogP contribution in [-0.2, 0) is 20.1 Å². The van der Waals surface area contributed by atoms with Crippen molar-refractivity contribution in [2.24, 2.45) is 0 Å². The summed E-state index contributed by atoms with van der Waals surface area (Å²) in [5.74, 6) is 0. The first-order valence-corrected chi connectivity index (χ1v) is 4.68. The van der Waals surface area contributed by atoms with E-state index in [0.29, 0.717) is 0 Å². The number of aryl methyl sites for hydroxylation is 2.